The summed E-state index contributed by atoms with van der Waals surface area (Å²) >= 11 is 0. The van der Waals surface area contributed by atoms with Crippen LogP contribution in [0.4, 0.5) is 13.2 Å². The molecule has 2 unspecified atom stereocenters. The van der Waals surface area contributed by atoms with Gasteiger partial charge >= 0.3 is 12.1 Å². The third kappa shape index (κ3) is 6.13. The molecule has 0 saturated carbocycles. The zero-order chi connectivity index (χ0) is 34.8. The SMILES string of the molecule is CCOC(=O)C(CC)c1ccc2c(c1)CC(N=C(c1ccccc1)c1ccccc1)c1c-2noc1-c1noc(-c2ccccc2)c1C(F)(F)F. The lowest BCUT2D eigenvalue weighted by Gasteiger charge is -2.24. The van der Waals surface area contributed by atoms with Crippen molar-refractivity contribution >= 4 is 11.7 Å². The van der Waals surface area contributed by atoms with Crippen molar-refractivity contribution in [1.82, 2.24) is 10.3 Å². The largest absolute Gasteiger partial charge is 0.466 e. The van der Waals surface area contributed by atoms with Crippen LogP contribution in [0.1, 0.15) is 65.6 Å². The third-order valence-electron chi connectivity index (χ3n) is 8.85. The van der Waals surface area contributed by atoms with Crippen molar-refractivity contribution in [2.75, 3.05) is 6.61 Å². The number of nitrogens with zero attached hydrogens (tertiary/aromatic N) is 3. The molecule has 4 aromatic carbocycles. The molecule has 0 fully saturated rings. The van der Waals surface area contributed by atoms with Gasteiger partial charge in [0.2, 0.25) is 0 Å². The van der Waals surface area contributed by atoms with Crippen LogP contribution in [0.3, 0.4) is 0 Å². The van der Waals surface area contributed by atoms with Crippen LogP contribution in [0.2, 0.25) is 0 Å². The molecule has 50 heavy (non-hydrogen) atoms. The number of rotatable bonds is 9. The highest BCUT2D eigenvalue weighted by Gasteiger charge is 2.44. The molecule has 0 spiro atoms. The molecular weight excluding hydrogens is 643 g/mol. The highest BCUT2D eigenvalue weighted by atomic mass is 19.4. The van der Waals surface area contributed by atoms with E-state index in [0.29, 0.717) is 29.0 Å². The Kier molecular flexibility index (Phi) is 8.93. The Morgan fingerprint density at radius 1 is 0.840 bits per heavy atom. The van der Waals surface area contributed by atoms with Crippen LogP contribution in [-0.2, 0) is 22.1 Å². The molecule has 7 nitrogen and oxygen atoms in total. The smallest absolute Gasteiger partial charge is 0.422 e. The maximum atomic E-state index is 14.9. The predicted molar refractivity (Wildman–Crippen MR) is 183 cm³/mol. The zero-order valence-corrected chi connectivity index (χ0v) is 27.3. The van der Waals surface area contributed by atoms with Gasteiger partial charge in [-0.25, -0.2) is 0 Å². The number of halogens is 3. The van der Waals surface area contributed by atoms with Crippen molar-refractivity contribution in [1.29, 1.82) is 0 Å². The van der Waals surface area contributed by atoms with E-state index in [4.69, 9.17) is 18.8 Å². The second-order valence-electron chi connectivity index (χ2n) is 11.9. The fraction of sp³-hybridized carbons (Fsp3) is 0.200. The highest BCUT2D eigenvalue weighted by molar-refractivity contribution is 6.13. The van der Waals surface area contributed by atoms with Crippen LogP contribution in [0, 0.1) is 0 Å². The number of esters is 1. The Morgan fingerprint density at radius 3 is 2.04 bits per heavy atom. The molecule has 0 bridgehead atoms. The van der Waals surface area contributed by atoms with E-state index in [1.807, 2.05) is 85.8 Å². The van der Waals surface area contributed by atoms with E-state index >= 15 is 0 Å². The van der Waals surface area contributed by atoms with Crippen LogP contribution in [0.25, 0.3) is 34.0 Å². The molecule has 2 atom stereocenters. The Morgan fingerprint density at radius 2 is 1.44 bits per heavy atom. The normalized spacial score (nSPS) is 14.4. The van der Waals surface area contributed by atoms with Gasteiger partial charge in [0.15, 0.2) is 17.2 Å². The first-order valence-electron chi connectivity index (χ1n) is 16.4. The van der Waals surface area contributed by atoms with Gasteiger partial charge in [-0.1, -0.05) is 126 Å². The molecule has 0 radical (unpaired) electrons. The number of hydrogen-bond acceptors (Lipinski definition) is 7. The Balaban J connectivity index is 1.45. The van der Waals surface area contributed by atoms with Gasteiger partial charge in [-0.2, -0.15) is 13.2 Å². The summed E-state index contributed by atoms with van der Waals surface area (Å²) in [7, 11) is 0. The number of carbonyl (C=O) groups is 1. The fourth-order valence-corrected chi connectivity index (χ4v) is 6.56. The number of benzene rings is 4. The van der Waals surface area contributed by atoms with E-state index in [-0.39, 0.29) is 30.3 Å². The summed E-state index contributed by atoms with van der Waals surface area (Å²) in [6, 6.07) is 32.1. The number of alkyl halides is 3. The first-order chi connectivity index (χ1) is 24.3. The minimum Gasteiger partial charge on any atom is -0.466 e. The molecule has 10 heteroatoms. The van der Waals surface area contributed by atoms with Gasteiger partial charge in [-0.3, -0.25) is 9.79 Å². The quantitative estimate of drug-likeness (QED) is 0.112. The molecule has 7 rings (SSSR count). The molecule has 252 valence electrons. The lowest BCUT2D eigenvalue weighted by molar-refractivity contribution is -0.145. The second-order valence-corrected chi connectivity index (χ2v) is 11.9. The maximum absolute atomic E-state index is 14.9. The van der Waals surface area contributed by atoms with Crippen molar-refractivity contribution in [2.24, 2.45) is 4.99 Å². The van der Waals surface area contributed by atoms with Crippen LogP contribution < -0.4 is 0 Å². The van der Waals surface area contributed by atoms with Gasteiger partial charge in [0.1, 0.15) is 11.3 Å². The van der Waals surface area contributed by atoms with Crippen molar-refractivity contribution < 1.29 is 31.7 Å². The highest BCUT2D eigenvalue weighted by Crippen LogP contribution is 2.50. The standard InChI is InChI=1S/C40H32F3N3O4/c1-3-29(39(47)48-4-2)27-20-21-30-28(22-27)23-31(44-34(24-14-8-5-9-15-24)25-16-10-6-11-17-25)32-35(30)45-50-38(32)36-33(40(41,42)43)37(49-46-36)26-18-12-7-13-19-26/h5-22,29,31H,3-4,23H2,1-2H3. The summed E-state index contributed by atoms with van der Waals surface area (Å²) < 4.78 is 61.2. The molecule has 0 aliphatic heterocycles. The van der Waals surface area contributed by atoms with Crippen molar-refractivity contribution in [3.05, 3.63) is 143 Å². The summed E-state index contributed by atoms with van der Waals surface area (Å²) in [4.78, 5) is 18.1. The number of aromatic nitrogens is 2. The zero-order valence-electron chi connectivity index (χ0n) is 27.3. The summed E-state index contributed by atoms with van der Waals surface area (Å²) in [5.41, 5.74) is 3.96. The van der Waals surface area contributed by atoms with Gasteiger partial charge in [0.25, 0.3) is 0 Å². The Hall–Kier alpha value is -5.77. The van der Waals surface area contributed by atoms with Crippen LogP contribution in [-0.4, -0.2) is 28.6 Å². The second kappa shape index (κ2) is 13.6. The van der Waals surface area contributed by atoms with Crippen LogP contribution in [0.5, 0.6) is 0 Å². The van der Waals surface area contributed by atoms with Crippen molar-refractivity contribution in [2.45, 2.75) is 44.8 Å². The average Bonchev–Trinajstić information content (AvgIpc) is 3.78. The number of ether oxygens (including phenoxy) is 1. The molecular formula is C40H32F3N3O4. The predicted octanol–water partition coefficient (Wildman–Crippen LogP) is 9.87. The monoisotopic (exact) mass is 675 g/mol. The van der Waals surface area contributed by atoms with E-state index < -0.39 is 35.2 Å². The average molecular weight is 676 g/mol. The number of carbonyl (C=O) groups excluding carboxylic acids is 1. The van der Waals surface area contributed by atoms with Gasteiger partial charge in [-0.05, 0) is 30.9 Å². The Bertz CT molecular complexity index is 2120. The molecule has 1 aliphatic rings. The molecule has 2 aromatic heterocycles. The van der Waals surface area contributed by atoms with Crippen LogP contribution >= 0.6 is 0 Å². The van der Waals surface area contributed by atoms with Gasteiger partial charge < -0.3 is 13.8 Å². The number of aliphatic imine (C=N–C) groups is 1. The minimum absolute atomic E-state index is 0.167. The van der Waals surface area contributed by atoms with E-state index in [0.717, 1.165) is 22.3 Å². The molecule has 0 amide bonds. The molecule has 0 saturated heterocycles. The third-order valence-corrected chi connectivity index (χ3v) is 8.85. The lowest BCUT2D eigenvalue weighted by Crippen LogP contribution is -2.17. The maximum Gasteiger partial charge on any atom is 0.422 e. The first-order valence-corrected chi connectivity index (χ1v) is 16.4. The lowest BCUT2D eigenvalue weighted by atomic mass is 9.82. The Labute approximate surface area is 286 Å². The van der Waals surface area contributed by atoms with Gasteiger partial charge in [0.05, 0.1) is 29.8 Å². The van der Waals surface area contributed by atoms with Crippen molar-refractivity contribution in [3.8, 4) is 34.0 Å². The van der Waals surface area contributed by atoms with E-state index in [1.54, 1.807) is 25.1 Å². The summed E-state index contributed by atoms with van der Waals surface area (Å²) in [5.74, 6) is -1.39. The van der Waals surface area contributed by atoms with Gasteiger partial charge in [0, 0.05) is 22.3 Å². The number of fused-ring (bicyclic) bond motifs is 3. The minimum atomic E-state index is -4.83. The van der Waals surface area contributed by atoms with Gasteiger partial charge in [-0.15, -0.1) is 0 Å². The molecule has 2 heterocycles. The number of hydrogen-bond donors (Lipinski definition) is 0. The van der Waals surface area contributed by atoms with Crippen molar-refractivity contribution in [3.63, 3.8) is 0 Å². The fourth-order valence-electron chi connectivity index (χ4n) is 6.56. The molecule has 6 aromatic rings. The molecule has 0 N–H and O–H groups in total. The van der Waals surface area contributed by atoms with E-state index in [1.165, 1.54) is 12.1 Å². The summed E-state index contributed by atoms with van der Waals surface area (Å²) in [6.45, 7) is 3.95. The summed E-state index contributed by atoms with van der Waals surface area (Å²) in [5, 5.41) is 8.31. The van der Waals surface area contributed by atoms with E-state index in [9.17, 15) is 18.0 Å². The summed E-state index contributed by atoms with van der Waals surface area (Å²) in [6.07, 6.45) is -4.01. The molecule has 1 aliphatic carbocycles. The van der Waals surface area contributed by atoms with Crippen LogP contribution in [0.15, 0.2) is 123 Å². The van der Waals surface area contributed by atoms with E-state index in [2.05, 4.69) is 10.3 Å². The topological polar surface area (TPSA) is 90.7 Å². The first kappa shape index (κ1) is 32.8.